The van der Waals surface area contributed by atoms with E-state index in [-0.39, 0.29) is 116 Å². The van der Waals surface area contributed by atoms with Crippen LogP contribution in [0.3, 0.4) is 0 Å². The molecule has 3 radical (unpaired) electrons. The van der Waals surface area contributed by atoms with Crippen LogP contribution in [0, 0.1) is 69.1 Å². The third kappa shape index (κ3) is 29.5. The Morgan fingerprint density at radius 2 is 0.693 bits per heavy atom. The summed E-state index contributed by atoms with van der Waals surface area (Å²) in [5.41, 5.74) is 16.0. The number of aliphatic hydroxyl groups is 2. The molecule has 0 saturated heterocycles. The molecule has 0 amide bonds. The van der Waals surface area contributed by atoms with E-state index in [2.05, 4.69) is 85.2 Å². The maximum absolute atomic E-state index is 12.9. The van der Waals surface area contributed by atoms with Crippen LogP contribution in [0.15, 0.2) is 243 Å². The Morgan fingerprint density at radius 3 is 0.904 bits per heavy atom. The number of pyridine rings is 3. The average Bonchev–Trinajstić information content (AvgIpc) is 0.817. The van der Waals surface area contributed by atoms with Gasteiger partial charge in [-0.05, 0) is 149 Å². The third-order valence-corrected chi connectivity index (χ3v) is 15.2. The van der Waals surface area contributed by atoms with E-state index in [1.165, 1.54) is 55.0 Å². The van der Waals surface area contributed by atoms with Crippen LogP contribution in [0.1, 0.15) is 85.6 Å². The van der Waals surface area contributed by atoms with E-state index in [4.69, 9.17) is 42.4 Å². The number of nitriles is 1. The fourth-order valence-corrected chi connectivity index (χ4v) is 9.95. The summed E-state index contributed by atoms with van der Waals surface area (Å²) in [5.74, 6) is -3.27. The van der Waals surface area contributed by atoms with Crippen LogP contribution in [0.5, 0.6) is 0 Å². The van der Waals surface area contributed by atoms with Crippen molar-refractivity contribution >= 4 is 73.6 Å². The topological polar surface area (TPSA) is 318 Å². The van der Waals surface area contributed by atoms with Crippen LogP contribution >= 0.6 is 11.6 Å². The summed E-state index contributed by atoms with van der Waals surface area (Å²) in [6, 6.07) is 77.2. The van der Waals surface area contributed by atoms with Gasteiger partial charge >= 0.3 is 24.1 Å². The van der Waals surface area contributed by atoms with Crippen LogP contribution in [0.4, 0.5) is 17.6 Å². The normalized spacial score (nSPS) is 10.6. The van der Waals surface area contributed by atoms with E-state index in [1.807, 2.05) is 136 Å². The molecule has 7 aromatic heterocycles. The summed E-state index contributed by atoms with van der Waals surface area (Å²) >= 11 is 5.87. The number of fused-ring (bicyclic) bond motifs is 4. The van der Waals surface area contributed by atoms with Gasteiger partial charge in [0.05, 0.1) is 56.3 Å². The summed E-state index contributed by atoms with van der Waals surface area (Å²) in [6.45, 7) is 10.9. The van der Waals surface area contributed by atoms with Gasteiger partial charge in [0.15, 0.2) is 0 Å². The average molecular weight is 2270 g/mol. The molecule has 15 aromatic rings. The Hall–Kier alpha value is -11.0. The summed E-state index contributed by atoms with van der Waals surface area (Å²) in [7, 11) is 0. The van der Waals surface area contributed by atoms with E-state index >= 15 is 0 Å². The van der Waals surface area contributed by atoms with Crippen molar-refractivity contribution in [3.63, 3.8) is 0 Å². The molecule has 0 bridgehead atoms. The van der Waals surface area contributed by atoms with Crippen molar-refractivity contribution in [3.05, 3.63) is 329 Å². The SMILES string of the molecule is CC(O)CC(C)O.Cc1nc2ccccc2nc1-c1[c-]cc(C#N)cc1.Cc1nc2ccccc2nc1-c1[c-]cc(C(F)(F)F)cc1.Cc1nc2ccccc2nc1-c1[c-]cc(Cl)cc1.Cc1nc2ccccc2nc1-c1[c-]cc(F)cc1.O=C(O)c1ccccn1.O=C(O)c1ccccn1.O=C(O)c1ccccn1.[Ir].[Ir].[Ir].[Pt]. The van der Waals surface area contributed by atoms with Crippen LogP contribution in [-0.4, -0.2) is 110 Å². The smallest absolute Gasteiger partial charge is 0.381 e. The number of carboxylic acids is 3. The molecule has 20 nitrogen and oxygen atoms in total. The zero-order chi connectivity index (χ0) is 79.3. The van der Waals surface area contributed by atoms with Crippen molar-refractivity contribution in [2.45, 2.75) is 66.3 Å². The summed E-state index contributed by atoms with van der Waals surface area (Å²) in [4.78, 5) is 77.5. The van der Waals surface area contributed by atoms with E-state index in [1.54, 1.807) is 81.4 Å². The number of benzene rings is 8. The number of aryl methyl sites for hydroxylation is 4. The first-order chi connectivity index (χ1) is 52.7. The minimum Gasteiger partial charge on any atom is -0.477 e. The number of aliphatic hydroxyl groups excluding tert-OH is 2. The Balaban J connectivity index is 0.000000280. The number of nitrogens with zero attached hydrogens (tertiary/aromatic N) is 12. The second-order valence-corrected chi connectivity index (χ2v) is 23.9. The molecule has 0 spiro atoms. The van der Waals surface area contributed by atoms with Crippen molar-refractivity contribution in [1.82, 2.24) is 54.8 Å². The number of carboxylic acid groups (broad SMARTS) is 3. The Morgan fingerprint density at radius 1 is 0.412 bits per heavy atom. The van der Waals surface area contributed by atoms with Crippen molar-refractivity contribution in [1.29, 1.82) is 5.26 Å². The van der Waals surface area contributed by atoms with Gasteiger partial charge in [-0.25, -0.2) is 34.6 Å². The molecule has 5 N–H and O–H groups in total. The van der Waals surface area contributed by atoms with Crippen molar-refractivity contribution in [2.75, 3.05) is 0 Å². The van der Waals surface area contributed by atoms with Crippen LogP contribution < -0.4 is 0 Å². The van der Waals surface area contributed by atoms with Crippen molar-refractivity contribution in [2.24, 2.45) is 0 Å². The first-order valence-corrected chi connectivity index (χ1v) is 33.7. The van der Waals surface area contributed by atoms with Crippen molar-refractivity contribution < 1.29 is 139 Å². The maximum atomic E-state index is 12.9. The van der Waals surface area contributed by atoms with Gasteiger partial charge in [0.2, 0.25) is 0 Å². The summed E-state index contributed by atoms with van der Waals surface area (Å²) < 4.78 is 50.6. The zero-order valence-corrected chi connectivity index (χ0v) is 71.2. The van der Waals surface area contributed by atoms with E-state index in [0.29, 0.717) is 39.5 Å². The zero-order valence-electron chi connectivity index (χ0n) is 61.0. The molecule has 15 rings (SSSR count). The predicted molar refractivity (Wildman–Crippen MR) is 410 cm³/mol. The molecular formula is C85H67ClF4Ir3N12O8Pt-4. The molecule has 2 unspecified atom stereocenters. The van der Waals surface area contributed by atoms with Crippen LogP contribution in [-0.2, 0) is 87.6 Å². The predicted octanol–water partition coefficient (Wildman–Crippen LogP) is 17.8. The number of hydrogen-bond donors (Lipinski definition) is 5. The van der Waals surface area contributed by atoms with E-state index in [0.717, 1.165) is 102 Å². The van der Waals surface area contributed by atoms with Gasteiger partial charge in [-0.2, -0.15) is 13.2 Å². The standard InChI is InChI=1S/C16H10F3N2.C16H10N3.C15H10ClN2.C15H10FN2.3C6H5NO2.C5H12O2.3Ir.Pt/c1-10-15(21-14-5-3-2-4-13(14)20-10)11-6-8-12(9-7-11)16(17,18)19;1-11-16(13-8-6-12(10-17)7-9-13)19-15-5-3-2-4-14(15)18-11;2*1-10-15(11-6-8-12(16)9-7-11)18-14-5-3-2-4-13(14)17-10;3*8-6(9)5-3-1-2-4-7-5;1-4(6)3-5(2)7;;;;/h2-6,8-9H,1H3;2-8H,1H3;2*2-6,8-9H,1H3;3*1-4H,(H,8,9);4-7H,3H2,1-2H3;;;;/q4*-1;;;;;;;;. The molecule has 0 aliphatic rings. The molecule has 114 heavy (non-hydrogen) atoms. The number of carbonyl (C=O) groups is 3. The number of aromatic carboxylic acids is 3. The van der Waals surface area contributed by atoms with E-state index in [9.17, 15) is 31.9 Å². The van der Waals surface area contributed by atoms with Gasteiger partial charge in [0, 0.05) is 157 Å². The number of alkyl halides is 3. The van der Waals surface area contributed by atoms with Crippen molar-refractivity contribution in [3.8, 4) is 51.1 Å². The number of aromatic nitrogens is 11. The third-order valence-electron chi connectivity index (χ3n) is 15.0. The maximum Gasteiger partial charge on any atom is 0.381 e. The van der Waals surface area contributed by atoms with Crippen LogP contribution in [0.2, 0.25) is 5.02 Å². The second kappa shape index (κ2) is 47.5. The second-order valence-electron chi connectivity index (χ2n) is 23.5. The summed E-state index contributed by atoms with van der Waals surface area (Å²) in [5, 5.41) is 51.6. The van der Waals surface area contributed by atoms with Gasteiger partial charge < -0.3 is 25.5 Å². The monoisotopic (exact) mass is 2270 g/mol. The molecule has 0 saturated carbocycles. The number of hydrogen-bond acceptors (Lipinski definition) is 17. The van der Waals surface area contributed by atoms with Gasteiger partial charge in [-0.3, -0.25) is 44.3 Å². The minimum atomic E-state index is -4.36. The van der Waals surface area contributed by atoms with E-state index < -0.39 is 29.6 Å². The molecule has 29 heteroatoms. The molecule has 2 atom stereocenters. The Bertz CT molecular complexity index is 5360. The van der Waals surface area contributed by atoms with Gasteiger partial charge in [-0.1, -0.05) is 66.7 Å². The summed E-state index contributed by atoms with van der Waals surface area (Å²) in [6.07, 6.45) is -0.296. The van der Waals surface area contributed by atoms with Gasteiger partial charge in [0.1, 0.15) is 17.1 Å². The molecule has 0 aliphatic carbocycles. The fraction of sp³-hybridized carbons (Fsp3) is 0.118. The number of rotatable bonds is 9. The Kier molecular flexibility index (Phi) is 39.8. The quantitative estimate of drug-likeness (QED) is 0.0662. The molecule has 0 fully saturated rings. The Labute approximate surface area is 713 Å². The van der Waals surface area contributed by atoms with Gasteiger partial charge in [0.25, 0.3) is 0 Å². The number of para-hydroxylation sites is 8. The van der Waals surface area contributed by atoms with Gasteiger partial charge in [-0.15, -0.1) is 131 Å². The largest absolute Gasteiger partial charge is 0.477 e. The molecule has 591 valence electrons. The van der Waals surface area contributed by atoms with Crippen LogP contribution in [0.25, 0.3) is 89.2 Å². The molecule has 7 heterocycles. The first-order valence-electron chi connectivity index (χ1n) is 33.3. The molecular weight excluding hydrogens is 2200 g/mol. The number of halogens is 5. The fourth-order valence-electron chi connectivity index (χ4n) is 9.83. The molecule has 0 aliphatic heterocycles. The molecule has 8 aromatic carbocycles. The first kappa shape index (κ1) is 95.4. The minimum absolute atomic E-state index is 0.